The van der Waals surface area contributed by atoms with Crippen molar-refractivity contribution in [3.63, 3.8) is 0 Å². The van der Waals surface area contributed by atoms with Gasteiger partial charge in [-0.05, 0) is 30.5 Å². The summed E-state index contributed by atoms with van der Waals surface area (Å²) in [7, 11) is 0. The van der Waals surface area contributed by atoms with Crippen molar-refractivity contribution in [1.29, 1.82) is 0 Å². The summed E-state index contributed by atoms with van der Waals surface area (Å²) in [5.41, 5.74) is 6.52. The molecule has 8 heteroatoms. The van der Waals surface area contributed by atoms with E-state index >= 15 is 0 Å². The van der Waals surface area contributed by atoms with Crippen molar-refractivity contribution < 1.29 is 9.53 Å². The number of rotatable bonds is 4. The molecule has 5 nitrogen and oxygen atoms in total. The molecule has 24 heavy (non-hydrogen) atoms. The minimum atomic E-state index is -0.853. The molecule has 3 rings (SSSR count). The number of halogens is 2. The van der Waals surface area contributed by atoms with E-state index in [1.54, 1.807) is 6.20 Å². The van der Waals surface area contributed by atoms with Gasteiger partial charge in [0.15, 0.2) is 5.13 Å². The Morgan fingerprint density at radius 1 is 1.42 bits per heavy atom. The van der Waals surface area contributed by atoms with E-state index in [0.717, 1.165) is 15.8 Å². The molecule has 130 valence electrons. The zero-order valence-electron chi connectivity index (χ0n) is 13.0. The number of aromatic nitrogens is 1. The van der Waals surface area contributed by atoms with Crippen LogP contribution in [-0.4, -0.2) is 29.6 Å². The summed E-state index contributed by atoms with van der Waals surface area (Å²) >= 11 is 4.95. The van der Waals surface area contributed by atoms with Crippen LogP contribution >= 0.6 is 39.7 Å². The molecule has 2 heterocycles. The quantitative estimate of drug-likeness (QED) is 0.776. The Balaban J connectivity index is 0.00000208. The number of amides is 1. The molecule has 0 spiro atoms. The van der Waals surface area contributed by atoms with E-state index in [1.807, 2.05) is 12.1 Å². The maximum absolute atomic E-state index is 12.4. The molecule has 1 fully saturated rings. The molecule has 1 aliphatic heterocycles. The van der Waals surface area contributed by atoms with Crippen LogP contribution in [0.3, 0.4) is 0 Å². The van der Waals surface area contributed by atoms with Crippen LogP contribution in [0.25, 0.3) is 0 Å². The lowest BCUT2D eigenvalue weighted by Gasteiger charge is -2.31. The number of nitrogens with two attached hydrogens (primary N) is 1. The van der Waals surface area contributed by atoms with Gasteiger partial charge < -0.3 is 15.8 Å². The molecule has 0 saturated carbocycles. The zero-order chi connectivity index (χ0) is 16.3. The largest absolute Gasteiger partial charge is 0.381 e. The fraction of sp³-hybridized carbons (Fsp3) is 0.375. The van der Waals surface area contributed by atoms with Crippen LogP contribution in [0.4, 0.5) is 5.13 Å². The van der Waals surface area contributed by atoms with Gasteiger partial charge in [0, 0.05) is 35.2 Å². The Hall–Kier alpha value is -0.990. The lowest BCUT2D eigenvalue weighted by atomic mass is 9.90. The fourth-order valence-corrected chi connectivity index (χ4v) is 3.77. The van der Waals surface area contributed by atoms with Gasteiger partial charge in [0.1, 0.15) is 5.54 Å². The average molecular weight is 433 g/mol. The third kappa shape index (κ3) is 4.77. The third-order valence-corrected chi connectivity index (χ3v) is 5.28. The van der Waals surface area contributed by atoms with E-state index in [0.29, 0.717) is 31.2 Å². The molecular formula is C16H19BrClN3O2S. The van der Waals surface area contributed by atoms with Crippen molar-refractivity contribution in [2.24, 2.45) is 5.73 Å². The van der Waals surface area contributed by atoms with Gasteiger partial charge in [-0.1, -0.05) is 28.1 Å². The number of hydrogen-bond donors (Lipinski definition) is 2. The van der Waals surface area contributed by atoms with Crippen LogP contribution in [0.1, 0.15) is 23.3 Å². The maximum Gasteiger partial charge on any atom is 0.246 e. The van der Waals surface area contributed by atoms with E-state index in [-0.39, 0.29) is 18.3 Å². The van der Waals surface area contributed by atoms with Crippen molar-refractivity contribution in [2.75, 3.05) is 18.5 Å². The first kappa shape index (κ1) is 19.3. The van der Waals surface area contributed by atoms with Crippen molar-refractivity contribution >= 4 is 50.7 Å². The molecule has 1 amide bonds. The molecule has 0 atom stereocenters. The summed E-state index contributed by atoms with van der Waals surface area (Å²) in [4.78, 5) is 17.8. The molecule has 2 aromatic rings. The fourth-order valence-electron chi connectivity index (χ4n) is 2.48. The number of hydrogen-bond acceptors (Lipinski definition) is 5. The normalized spacial score (nSPS) is 16.2. The number of carbonyl (C=O) groups excluding carboxylic acids is 1. The van der Waals surface area contributed by atoms with E-state index in [2.05, 4.69) is 38.4 Å². The van der Waals surface area contributed by atoms with Crippen LogP contribution < -0.4 is 11.1 Å². The van der Waals surface area contributed by atoms with Crippen molar-refractivity contribution in [3.05, 3.63) is 45.4 Å². The van der Waals surface area contributed by atoms with Crippen LogP contribution in [0.15, 0.2) is 34.9 Å². The molecule has 1 aromatic carbocycles. The zero-order valence-corrected chi connectivity index (χ0v) is 16.2. The predicted molar refractivity (Wildman–Crippen MR) is 102 cm³/mol. The minimum absolute atomic E-state index is 0. The standard InChI is InChI=1S/C16H18BrN3O2S.ClH/c17-12-3-1-2-11(8-12)9-13-10-19-15(23-13)20-14(21)16(18)4-6-22-7-5-16;/h1-3,8,10H,4-7,9,18H2,(H,19,20,21);1H. The summed E-state index contributed by atoms with van der Waals surface area (Å²) in [6.07, 6.45) is 3.66. The number of thiazole rings is 1. The highest BCUT2D eigenvalue weighted by Gasteiger charge is 2.36. The van der Waals surface area contributed by atoms with Crippen LogP contribution in [-0.2, 0) is 16.0 Å². The average Bonchev–Trinajstić information content (AvgIpc) is 2.95. The van der Waals surface area contributed by atoms with Crippen LogP contribution in [0, 0.1) is 0 Å². The number of nitrogens with zero attached hydrogens (tertiary/aromatic N) is 1. The van der Waals surface area contributed by atoms with Crippen molar-refractivity contribution in [2.45, 2.75) is 24.8 Å². The van der Waals surface area contributed by atoms with Crippen LogP contribution in [0.2, 0.25) is 0 Å². The summed E-state index contributed by atoms with van der Waals surface area (Å²) in [6.45, 7) is 1.05. The first-order chi connectivity index (χ1) is 11.0. The molecule has 0 unspecified atom stereocenters. The predicted octanol–water partition coefficient (Wildman–Crippen LogP) is 3.36. The first-order valence-corrected chi connectivity index (χ1v) is 9.03. The van der Waals surface area contributed by atoms with Gasteiger partial charge in [0.2, 0.25) is 5.91 Å². The van der Waals surface area contributed by atoms with E-state index < -0.39 is 5.54 Å². The number of nitrogens with one attached hydrogen (secondary N) is 1. The second kappa shape index (κ2) is 8.40. The Morgan fingerprint density at radius 2 is 2.17 bits per heavy atom. The monoisotopic (exact) mass is 431 g/mol. The Bertz CT molecular complexity index is 704. The highest BCUT2D eigenvalue weighted by molar-refractivity contribution is 9.10. The Morgan fingerprint density at radius 3 is 2.88 bits per heavy atom. The lowest BCUT2D eigenvalue weighted by molar-refractivity contribution is -0.124. The molecule has 1 aliphatic rings. The third-order valence-electron chi connectivity index (χ3n) is 3.88. The molecule has 1 aromatic heterocycles. The van der Waals surface area contributed by atoms with Crippen molar-refractivity contribution in [3.8, 4) is 0 Å². The van der Waals surface area contributed by atoms with Gasteiger partial charge in [-0.15, -0.1) is 23.7 Å². The second-order valence-electron chi connectivity index (χ2n) is 5.66. The summed E-state index contributed by atoms with van der Waals surface area (Å²) < 4.78 is 6.32. The highest BCUT2D eigenvalue weighted by Crippen LogP contribution is 2.25. The van der Waals surface area contributed by atoms with Gasteiger partial charge in [-0.3, -0.25) is 4.79 Å². The van der Waals surface area contributed by atoms with Gasteiger partial charge in [0.25, 0.3) is 0 Å². The number of anilines is 1. The molecule has 0 radical (unpaired) electrons. The molecule has 0 aliphatic carbocycles. The smallest absolute Gasteiger partial charge is 0.246 e. The molecule has 0 bridgehead atoms. The topological polar surface area (TPSA) is 77.2 Å². The highest BCUT2D eigenvalue weighted by atomic mass is 79.9. The Kier molecular flexibility index (Phi) is 6.77. The Labute approximate surface area is 159 Å². The summed E-state index contributed by atoms with van der Waals surface area (Å²) in [5.74, 6) is -0.177. The number of ether oxygens (including phenoxy) is 1. The van der Waals surface area contributed by atoms with Gasteiger partial charge in [-0.25, -0.2) is 4.98 Å². The number of carbonyl (C=O) groups is 1. The van der Waals surface area contributed by atoms with Crippen molar-refractivity contribution in [1.82, 2.24) is 4.98 Å². The second-order valence-corrected chi connectivity index (χ2v) is 7.69. The minimum Gasteiger partial charge on any atom is -0.381 e. The first-order valence-electron chi connectivity index (χ1n) is 7.42. The summed E-state index contributed by atoms with van der Waals surface area (Å²) in [6, 6.07) is 8.15. The van der Waals surface area contributed by atoms with Gasteiger partial charge in [-0.2, -0.15) is 0 Å². The van der Waals surface area contributed by atoms with E-state index in [9.17, 15) is 4.79 Å². The van der Waals surface area contributed by atoms with E-state index in [4.69, 9.17) is 10.5 Å². The summed E-state index contributed by atoms with van der Waals surface area (Å²) in [5, 5.41) is 3.44. The number of benzene rings is 1. The van der Waals surface area contributed by atoms with Crippen LogP contribution in [0.5, 0.6) is 0 Å². The molecule has 3 N–H and O–H groups in total. The van der Waals surface area contributed by atoms with Gasteiger partial charge >= 0.3 is 0 Å². The maximum atomic E-state index is 12.4. The lowest BCUT2D eigenvalue weighted by Crippen LogP contribution is -2.54. The SMILES string of the molecule is Cl.NC1(C(=O)Nc2ncc(Cc3cccc(Br)c3)s2)CCOCC1. The van der Waals surface area contributed by atoms with Gasteiger partial charge in [0.05, 0.1) is 0 Å². The molecular weight excluding hydrogens is 414 g/mol. The van der Waals surface area contributed by atoms with E-state index in [1.165, 1.54) is 16.9 Å². The molecule has 1 saturated heterocycles.